The van der Waals surface area contributed by atoms with Gasteiger partial charge in [-0.05, 0) is 50.3 Å². The van der Waals surface area contributed by atoms with E-state index >= 15 is 0 Å². The first kappa shape index (κ1) is 24.6. The van der Waals surface area contributed by atoms with Gasteiger partial charge in [-0.2, -0.15) is 23.1 Å². The number of benzene rings is 1. The van der Waals surface area contributed by atoms with Gasteiger partial charge in [0.05, 0.1) is 23.7 Å². The van der Waals surface area contributed by atoms with E-state index in [-0.39, 0.29) is 28.8 Å². The lowest BCUT2D eigenvalue weighted by Gasteiger charge is -2.32. The number of methoxy groups -OCH3 is 1. The standard InChI is InChI=1S/C25H30F3N6O2P/c1-36-20-13-17(37(35)11-9-34(10-12-37)16-5-6-16)7-8-19(20)31-24-32-22-21(18(14-29-22)25(26,27)28)23(33-24)30-15-3-2-4-15/h7-8,13-16H,2-6,9-12H2,1H3,(H3,29,30,31,32,33). The first-order valence-electron chi connectivity index (χ1n) is 12.7. The van der Waals surface area contributed by atoms with Crippen LogP contribution < -0.4 is 20.7 Å². The van der Waals surface area contributed by atoms with Gasteiger partial charge in [0.1, 0.15) is 24.4 Å². The van der Waals surface area contributed by atoms with Crippen molar-refractivity contribution >= 4 is 40.9 Å². The number of ether oxygens (including phenoxy) is 1. The van der Waals surface area contributed by atoms with E-state index in [4.69, 9.17) is 4.74 Å². The molecule has 0 bridgehead atoms. The fraction of sp³-hybridized carbons (Fsp3) is 0.520. The van der Waals surface area contributed by atoms with Crippen LogP contribution in [0.25, 0.3) is 11.0 Å². The van der Waals surface area contributed by atoms with Crippen LogP contribution in [0.2, 0.25) is 0 Å². The van der Waals surface area contributed by atoms with Crippen LogP contribution in [-0.4, -0.2) is 64.5 Å². The van der Waals surface area contributed by atoms with E-state index in [1.807, 2.05) is 6.07 Å². The maximum atomic E-state index is 13.7. The van der Waals surface area contributed by atoms with Gasteiger partial charge in [0.25, 0.3) is 0 Å². The van der Waals surface area contributed by atoms with Gasteiger partial charge in [0, 0.05) is 49.0 Å². The lowest BCUT2D eigenvalue weighted by molar-refractivity contribution is -0.136. The summed E-state index contributed by atoms with van der Waals surface area (Å²) < 4.78 is 60.2. The Bertz CT molecular complexity index is 1360. The normalized spacial score (nSPS) is 20.5. The number of nitrogens with zero attached hydrogens (tertiary/aromatic N) is 3. The number of nitrogens with one attached hydrogen (secondary N) is 3. The molecule has 1 aliphatic heterocycles. The maximum absolute atomic E-state index is 13.7. The molecule has 0 spiro atoms. The summed E-state index contributed by atoms with van der Waals surface area (Å²) in [5, 5.41) is 6.98. The van der Waals surface area contributed by atoms with Crippen LogP contribution in [0.4, 0.5) is 30.6 Å². The van der Waals surface area contributed by atoms with Crippen molar-refractivity contribution in [3.63, 3.8) is 0 Å². The van der Waals surface area contributed by atoms with Crippen molar-refractivity contribution < 1.29 is 22.5 Å². The second kappa shape index (κ2) is 9.20. The Labute approximate surface area is 212 Å². The molecule has 0 unspecified atom stereocenters. The summed E-state index contributed by atoms with van der Waals surface area (Å²) in [5.74, 6) is 0.769. The number of rotatable bonds is 7. The van der Waals surface area contributed by atoms with Crippen molar-refractivity contribution in [1.29, 1.82) is 0 Å². The molecule has 198 valence electrons. The highest BCUT2D eigenvalue weighted by atomic mass is 31.2. The number of aromatic amines is 1. The SMILES string of the molecule is COc1cc(P2(=O)CCN(C3CC3)CC2)ccc1Nc1nc(NC2CCC2)c2c(C(F)(F)F)c[nH]c2n1. The minimum atomic E-state index is -4.53. The van der Waals surface area contributed by atoms with Crippen molar-refractivity contribution in [2.45, 2.75) is 50.4 Å². The molecule has 2 aromatic heterocycles. The van der Waals surface area contributed by atoms with Crippen LogP contribution in [0, 0.1) is 0 Å². The number of aromatic nitrogens is 3. The van der Waals surface area contributed by atoms with Crippen LogP contribution in [0.15, 0.2) is 24.4 Å². The molecule has 3 N–H and O–H groups in total. The van der Waals surface area contributed by atoms with Gasteiger partial charge in [-0.3, -0.25) is 4.90 Å². The quantitative estimate of drug-likeness (QED) is 0.361. The summed E-state index contributed by atoms with van der Waals surface area (Å²) in [5.41, 5.74) is -0.157. The Kier molecular flexibility index (Phi) is 6.11. The fourth-order valence-electron chi connectivity index (χ4n) is 5.19. The predicted octanol–water partition coefficient (Wildman–Crippen LogP) is 5.16. The largest absolute Gasteiger partial charge is 0.495 e. The molecule has 1 saturated heterocycles. The zero-order valence-corrected chi connectivity index (χ0v) is 21.5. The van der Waals surface area contributed by atoms with E-state index in [9.17, 15) is 17.7 Å². The summed E-state index contributed by atoms with van der Waals surface area (Å²) >= 11 is 0. The van der Waals surface area contributed by atoms with E-state index in [0.717, 1.165) is 43.9 Å². The van der Waals surface area contributed by atoms with Gasteiger partial charge < -0.3 is 24.9 Å². The zero-order chi connectivity index (χ0) is 25.8. The molecule has 37 heavy (non-hydrogen) atoms. The molecule has 0 radical (unpaired) electrons. The van der Waals surface area contributed by atoms with E-state index < -0.39 is 18.9 Å². The van der Waals surface area contributed by atoms with Gasteiger partial charge in [-0.15, -0.1) is 0 Å². The first-order chi connectivity index (χ1) is 17.7. The number of anilines is 3. The summed E-state index contributed by atoms with van der Waals surface area (Å²) in [6.45, 7) is 1.70. The van der Waals surface area contributed by atoms with Crippen molar-refractivity contribution in [2.24, 2.45) is 0 Å². The Morgan fingerprint density at radius 1 is 1.14 bits per heavy atom. The Morgan fingerprint density at radius 3 is 2.51 bits per heavy atom. The van der Waals surface area contributed by atoms with Gasteiger partial charge in [0.15, 0.2) is 0 Å². The summed E-state index contributed by atoms with van der Waals surface area (Å²) in [6.07, 6.45) is 2.99. The molecule has 0 atom stereocenters. The minimum absolute atomic E-state index is 0.0668. The molecule has 0 amide bonds. The highest BCUT2D eigenvalue weighted by Crippen LogP contribution is 2.49. The number of halogens is 3. The van der Waals surface area contributed by atoms with Crippen LogP contribution >= 0.6 is 7.14 Å². The number of hydrogen-bond donors (Lipinski definition) is 3. The topological polar surface area (TPSA) is 95.2 Å². The van der Waals surface area contributed by atoms with E-state index in [2.05, 4.69) is 30.5 Å². The Morgan fingerprint density at radius 2 is 1.89 bits per heavy atom. The molecule has 3 aromatic rings. The third-order valence-electron chi connectivity index (χ3n) is 7.75. The number of fused-ring (bicyclic) bond motifs is 1. The summed E-state index contributed by atoms with van der Waals surface area (Å²) in [7, 11) is -0.995. The van der Waals surface area contributed by atoms with Gasteiger partial charge in [-0.1, -0.05) is 0 Å². The van der Waals surface area contributed by atoms with Crippen LogP contribution in [-0.2, 0) is 10.7 Å². The Balaban J connectivity index is 1.29. The lowest BCUT2D eigenvalue weighted by Crippen LogP contribution is -2.38. The highest BCUT2D eigenvalue weighted by Gasteiger charge is 2.38. The summed E-state index contributed by atoms with van der Waals surface area (Å²) in [6, 6.07) is 6.19. The number of hydrogen-bond acceptors (Lipinski definition) is 7. The zero-order valence-electron chi connectivity index (χ0n) is 20.6. The van der Waals surface area contributed by atoms with E-state index in [0.29, 0.717) is 29.8 Å². The number of alkyl halides is 3. The monoisotopic (exact) mass is 534 g/mol. The average molecular weight is 535 g/mol. The first-order valence-corrected chi connectivity index (χ1v) is 14.8. The molecule has 3 fully saturated rings. The third-order valence-corrected chi connectivity index (χ3v) is 10.8. The molecule has 1 aromatic carbocycles. The second-order valence-corrected chi connectivity index (χ2v) is 13.4. The Hall–Kier alpha value is -2.78. The number of H-pyrrole nitrogens is 1. The molecule has 8 nitrogen and oxygen atoms in total. The van der Waals surface area contributed by atoms with Crippen molar-refractivity contribution in [3.05, 3.63) is 30.0 Å². The average Bonchev–Trinajstić information content (AvgIpc) is 3.59. The molecular weight excluding hydrogens is 504 g/mol. The van der Waals surface area contributed by atoms with Crippen molar-refractivity contribution in [1.82, 2.24) is 19.9 Å². The minimum Gasteiger partial charge on any atom is -0.495 e. The molecule has 6 rings (SSSR count). The van der Waals surface area contributed by atoms with Crippen LogP contribution in [0.3, 0.4) is 0 Å². The smallest absolute Gasteiger partial charge is 0.418 e. The molecule has 3 heterocycles. The molecule has 12 heteroatoms. The van der Waals surface area contributed by atoms with E-state index in [1.165, 1.54) is 20.0 Å². The third kappa shape index (κ3) is 4.79. The predicted molar refractivity (Wildman–Crippen MR) is 138 cm³/mol. The van der Waals surface area contributed by atoms with Crippen molar-refractivity contribution in [2.75, 3.05) is 43.2 Å². The molecular formula is C25H30F3N6O2P. The van der Waals surface area contributed by atoms with E-state index in [1.54, 1.807) is 12.1 Å². The van der Waals surface area contributed by atoms with Gasteiger partial charge >= 0.3 is 6.18 Å². The van der Waals surface area contributed by atoms with Crippen LogP contribution in [0.5, 0.6) is 5.75 Å². The summed E-state index contributed by atoms with van der Waals surface area (Å²) in [4.78, 5) is 13.8. The molecule has 2 aliphatic carbocycles. The molecule has 2 saturated carbocycles. The van der Waals surface area contributed by atoms with Crippen LogP contribution in [0.1, 0.15) is 37.7 Å². The van der Waals surface area contributed by atoms with Gasteiger partial charge in [-0.25, -0.2) is 0 Å². The second-order valence-electron chi connectivity index (χ2n) is 10.2. The molecule has 3 aliphatic rings. The van der Waals surface area contributed by atoms with Gasteiger partial charge in [0.2, 0.25) is 5.95 Å². The van der Waals surface area contributed by atoms with Crippen molar-refractivity contribution in [3.8, 4) is 5.75 Å². The maximum Gasteiger partial charge on any atom is 0.418 e. The highest BCUT2D eigenvalue weighted by molar-refractivity contribution is 7.71. The fourth-order valence-corrected chi connectivity index (χ4v) is 7.79. The lowest BCUT2D eigenvalue weighted by atomic mass is 9.93.